The zero-order valence-electron chi connectivity index (χ0n) is 15.5. The number of aliphatic hydroxyl groups is 1. The van der Waals surface area contributed by atoms with Crippen molar-refractivity contribution in [1.29, 1.82) is 0 Å². The highest BCUT2D eigenvalue weighted by Crippen LogP contribution is 2.49. The Morgan fingerprint density at radius 1 is 1.11 bits per heavy atom. The smallest absolute Gasteiger partial charge is 0.406 e. The second kappa shape index (κ2) is 7.34. The molecule has 1 aromatic rings. The molecule has 0 bridgehead atoms. The van der Waals surface area contributed by atoms with E-state index in [1.165, 1.54) is 12.1 Å². The molecule has 0 aromatic heterocycles. The number of alkyl halides is 3. The molecule has 1 heterocycles. The fourth-order valence-electron chi connectivity index (χ4n) is 4.43. The molecule has 1 spiro atoms. The summed E-state index contributed by atoms with van der Waals surface area (Å²) in [4.78, 5) is 14.8. The van der Waals surface area contributed by atoms with Crippen LogP contribution >= 0.6 is 0 Å². The highest BCUT2D eigenvalue weighted by molar-refractivity contribution is 5.85. The van der Waals surface area contributed by atoms with Crippen molar-refractivity contribution in [2.24, 2.45) is 5.41 Å². The summed E-state index contributed by atoms with van der Waals surface area (Å²) in [6.45, 7) is 3.08. The monoisotopic (exact) mass is 385 g/mol. The summed E-state index contributed by atoms with van der Waals surface area (Å²) in [5.41, 5.74) is -0.241. The molecule has 1 saturated heterocycles. The quantitative estimate of drug-likeness (QED) is 0.817. The predicted octanol–water partition coefficient (Wildman–Crippen LogP) is 4.41. The molecule has 7 heteroatoms. The molecular weight excluding hydrogens is 359 g/mol. The van der Waals surface area contributed by atoms with Crippen molar-refractivity contribution in [1.82, 2.24) is 4.90 Å². The molecule has 4 nitrogen and oxygen atoms in total. The molecule has 1 N–H and O–H groups in total. The Morgan fingerprint density at radius 3 is 2.30 bits per heavy atom. The lowest BCUT2D eigenvalue weighted by atomic mass is 9.67. The van der Waals surface area contributed by atoms with E-state index in [4.69, 9.17) is 0 Å². The Balaban J connectivity index is 1.59. The molecule has 2 aliphatic rings. The average Bonchev–Trinajstić information content (AvgIpc) is 2.88. The van der Waals surface area contributed by atoms with Crippen LogP contribution in [0.25, 0.3) is 0 Å². The Kier molecular flexibility index (Phi) is 5.43. The van der Waals surface area contributed by atoms with E-state index in [1.54, 1.807) is 17.0 Å². The van der Waals surface area contributed by atoms with Gasteiger partial charge in [0.2, 0.25) is 5.91 Å². The molecular formula is C20H26F3NO3. The number of carbonyl (C=O) groups excluding carboxylic acids is 1. The lowest BCUT2D eigenvalue weighted by Crippen LogP contribution is -2.43. The number of likely N-dealkylation sites (tertiary alicyclic amines) is 1. The molecule has 1 aliphatic carbocycles. The normalized spacial score (nSPS) is 28.8. The van der Waals surface area contributed by atoms with E-state index in [2.05, 4.69) is 11.7 Å². The summed E-state index contributed by atoms with van der Waals surface area (Å²) in [5.74, 6) is -0.158. The van der Waals surface area contributed by atoms with Gasteiger partial charge < -0.3 is 14.7 Å². The fourth-order valence-corrected chi connectivity index (χ4v) is 4.43. The van der Waals surface area contributed by atoms with Crippen molar-refractivity contribution in [2.45, 2.75) is 70.4 Å². The molecule has 3 rings (SSSR count). The summed E-state index contributed by atoms with van der Waals surface area (Å²) in [7, 11) is 0. The third-order valence-corrected chi connectivity index (χ3v) is 5.98. The van der Waals surface area contributed by atoms with Crippen molar-refractivity contribution in [3.05, 3.63) is 29.8 Å². The van der Waals surface area contributed by atoms with Crippen molar-refractivity contribution < 1.29 is 27.8 Å². The number of hydrogen-bond acceptors (Lipinski definition) is 3. The van der Waals surface area contributed by atoms with Gasteiger partial charge in [0.05, 0.1) is 11.0 Å². The predicted molar refractivity (Wildman–Crippen MR) is 93.9 cm³/mol. The molecule has 2 fully saturated rings. The maximum atomic E-state index is 13.0. The minimum Gasteiger partial charge on any atom is -0.406 e. The molecule has 0 radical (unpaired) electrons. The third kappa shape index (κ3) is 4.57. The van der Waals surface area contributed by atoms with Gasteiger partial charge in [-0.1, -0.05) is 25.5 Å². The second-order valence-corrected chi connectivity index (χ2v) is 7.92. The van der Waals surface area contributed by atoms with E-state index in [1.807, 2.05) is 0 Å². The zero-order chi connectivity index (χ0) is 19.7. The van der Waals surface area contributed by atoms with Crippen molar-refractivity contribution in [3.63, 3.8) is 0 Å². The van der Waals surface area contributed by atoms with Crippen LogP contribution in [0.5, 0.6) is 5.75 Å². The first kappa shape index (κ1) is 20.0. The minimum atomic E-state index is -4.71. The van der Waals surface area contributed by atoms with Crippen LogP contribution in [0.3, 0.4) is 0 Å². The van der Waals surface area contributed by atoms with Gasteiger partial charge >= 0.3 is 6.36 Å². The lowest BCUT2D eigenvalue weighted by molar-refractivity contribution is -0.274. The number of rotatable bonds is 5. The van der Waals surface area contributed by atoms with Gasteiger partial charge in [0.25, 0.3) is 0 Å². The number of ether oxygens (including phenoxy) is 1. The summed E-state index contributed by atoms with van der Waals surface area (Å²) in [6.07, 6.45) is 0.496. The van der Waals surface area contributed by atoms with E-state index < -0.39 is 12.0 Å². The molecule has 0 unspecified atom stereocenters. The number of halogens is 3. The highest BCUT2D eigenvalue weighted by atomic mass is 19.4. The number of amides is 1. The molecule has 1 aliphatic heterocycles. The zero-order valence-corrected chi connectivity index (χ0v) is 15.5. The Hall–Kier alpha value is -1.76. The lowest BCUT2D eigenvalue weighted by Gasteiger charge is -2.41. The van der Waals surface area contributed by atoms with E-state index in [9.17, 15) is 23.1 Å². The molecule has 150 valence electrons. The first-order chi connectivity index (χ1) is 12.6. The van der Waals surface area contributed by atoms with Gasteiger partial charge in [-0.05, 0) is 56.2 Å². The number of benzene rings is 1. The van der Waals surface area contributed by atoms with Crippen LogP contribution in [-0.4, -0.2) is 34.4 Å². The maximum absolute atomic E-state index is 13.0. The van der Waals surface area contributed by atoms with Crippen LogP contribution in [0.2, 0.25) is 0 Å². The second-order valence-electron chi connectivity index (χ2n) is 7.92. The first-order valence-corrected chi connectivity index (χ1v) is 9.51. The Labute approximate surface area is 157 Å². The van der Waals surface area contributed by atoms with Gasteiger partial charge in [0.1, 0.15) is 5.75 Å². The maximum Gasteiger partial charge on any atom is 0.573 e. The minimum absolute atomic E-state index is 0.108. The van der Waals surface area contributed by atoms with Gasteiger partial charge in [-0.2, -0.15) is 0 Å². The molecule has 27 heavy (non-hydrogen) atoms. The van der Waals surface area contributed by atoms with E-state index in [-0.39, 0.29) is 17.1 Å². The highest BCUT2D eigenvalue weighted by Gasteiger charge is 2.50. The third-order valence-electron chi connectivity index (χ3n) is 5.98. The van der Waals surface area contributed by atoms with Gasteiger partial charge in [-0.25, -0.2) is 0 Å². The molecule has 1 amide bonds. The van der Waals surface area contributed by atoms with E-state index in [0.29, 0.717) is 38.8 Å². The van der Waals surface area contributed by atoms with Crippen LogP contribution in [0.4, 0.5) is 13.2 Å². The van der Waals surface area contributed by atoms with E-state index >= 15 is 0 Å². The van der Waals surface area contributed by atoms with E-state index in [0.717, 1.165) is 24.8 Å². The van der Waals surface area contributed by atoms with Gasteiger partial charge in [0, 0.05) is 13.1 Å². The topological polar surface area (TPSA) is 49.8 Å². The number of nitrogens with zero attached hydrogens (tertiary/aromatic N) is 1. The van der Waals surface area contributed by atoms with Gasteiger partial charge in [-0.3, -0.25) is 4.79 Å². The van der Waals surface area contributed by atoms with Crippen LogP contribution in [-0.2, 0) is 11.3 Å². The number of carbonyl (C=O) groups is 1. The largest absolute Gasteiger partial charge is 0.573 e. The van der Waals surface area contributed by atoms with Crippen LogP contribution < -0.4 is 4.74 Å². The summed E-state index contributed by atoms with van der Waals surface area (Å²) >= 11 is 0. The van der Waals surface area contributed by atoms with Crippen molar-refractivity contribution in [3.8, 4) is 5.75 Å². The van der Waals surface area contributed by atoms with Gasteiger partial charge in [0.15, 0.2) is 0 Å². The fraction of sp³-hybridized carbons (Fsp3) is 0.650. The summed E-state index contributed by atoms with van der Waals surface area (Å²) < 4.78 is 40.6. The molecule has 1 saturated carbocycles. The summed E-state index contributed by atoms with van der Waals surface area (Å²) in [6, 6.07) is 5.65. The van der Waals surface area contributed by atoms with Crippen LogP contribution in [0, 0.1) is 5.41 Å². The standard InChI is InChI=1S/C20H26F3NO3/c1-2-7-19(26)10-8-18(9-11-19)12-13-24(17(18)25)14-15-3-5-16(6-4-15)27-20(21,22)23/h3-6,26H,2,7-14H2,1H3. The molecule has 0 atom stereocenters. The first-order valence-electron chi connectivity index (χ1n) is 9.51. The Bertz CT molecular complexity index is 664. The summed E-state index contributed by atoms with van der Waals surface area (Å²) in [5, 5.41) is 10.6. The van der Waals surface area contributed by atoms with Crippen LogP contribution in [0.1, 0.15) is 57.4 Å². The Morgan fingerprint density at radius 2 is 1.74 bits per heavy atom. The SMILES string of the molecule is CCCC1(O)CCC2(CCN(Cc3ccc(OC(F)(F)F)cc3)C2=O)CC1. The van der Waals surface area contributed by atoms with Crippen LogP contribution in [0.15, 0.2) is 24.3 Å². The van der Waals surface area contributed by atoms with Gasteiger partial charge in [-0.15, -0.1) is 13.2 Å². The number of hydrogen-bond donors (Lipinski definition) is 1. The average molecular weight is 385 g/mol. The van der Waals surface area contributed by atoms with Crippen molar-refractivity contribution >= 4 is 5.91 Å². The molecule has 1 aromatic carbocycles. The van der Waals surface area contributed by atoms with Crippen molar-refractivity contribution in [2.75, 3.05) is 6.54 Å².